The minimum Gasteiger partial charge on any atom is -0.497 e. The van der Waals surface area contributed by atoms with Gasteiger partial charge in [0, 0.05) is 23.6 Å². The number of aryl methyl sites for hydroxylation is 1. The molecule has 0 spiro atoms. The van der Waals surface area contributed by atoms with Crippen molar-refractivity contribution < 1.29 is 4.74 Å². The molecule has 0 amide bonds. The van der Waals surface area contributed by atoms with Crippen LogP contribution in [0.15, 0.2) is 42.5 Å². The minimum absolute atomic E-state index is 0.119. The monoisotopic (exact) mass is 356 g/mol. The molecule has 0 aliphatic carbocycles. The molecule has 0 unspecified atom stereocenters. The molecule has 0 atom stereocenters. The van der Waals surface area contributed by atoms with Crippen LogP contribution in [-0.2, 0) is 12.0 Å². The number of benzene rings is 2. The van der Waals surface area contributed by atoms with Crippen molar-refractivity contribution in [2.45, 2.75) is 39.7 Å². The Labute approximate surface area is 161 Å². The van der Waals surface area contributed by atoms with Crippen molar-refractivity contribution in [3.05, 3.63) is 64.8 Å². The van der Waals surface area contributed by atoms with Gasteiger partial charge in [0.1, 0.15) is 17.5 Å². The highest BCUT2D eigenvalue weighted by atomic mass is 16.5. The highest BCUT2D eigenvalue weighted by Crippen LogP contribution is 2.29. The molecule has 0 saturated carbocycles. The van der Waals surface area contributed by atoms with E-state index in [4.69, 9.17) is 4.74 Å². The van der Waals surface area contributed by atoms with E-state index in [0.29, 0.717) is 5.56 Å². The molecule has 0 fully saturated rings. The number of nitrogens with zero attached hydrogens (tertiary/aromatic N) is 2. The molecule has 2 aromatic carbocycles. The predicted octanol–water partition coefficient (Wildman–Crippen LogP) is 5.24. The Morgan fingerprint density at radius 1 is 1.04 bits per heavy atom. The first kappa shape index (κ1) is 18.6. The summed E-state index contributed by atoms with van der Waals surface area (Å²) in [6.07, 6.45) is 0. The SMILES string of the molecule is CCn1c(C#Cc2ccc(C(C)(C)C)cc2)c(C#N)c2ccc(OC)cc21. The van der Waals surface area contributed by atoms with Crippen LogP contribution in [0.4, 0.5) is 0 Å². The molecule has 136 valence electrons. The Kier molecular flexibility index (Phi) is 4.98. The van der Waals surface area contributed by atoms with Gasteiger partial charge in [-0.1, -0.05) is 38.8 Å². The Morgan fingerprint density at radius 3 is 2.30 bits per heavy atom. The number of rotatable bonds is 2. The second-order valence-corrected chi connectivity index (χ2v) is 7.54. The molecular formula is C24H24N2O. The standard InChI is InChI=1S/C24H24N2O/c1-6-26-22(14-9-17-7-10-18(11-8-17)24(2,3)4)21(16-25)20-13-12-19(27-5)15-23(20)26/h7-8,10-13,15H,6H2,1-5H3. The number of methoxy groups -OCH3 is 1. The van der Waals surface area contributed by atoms with Gasteiger partial charge >= 0.3 is 0 Å². The second-order valence-electron chi connectivity index (χ2n) is 7.54. The van der Waals surface area contributed by atoms with Gasteiger partial charge in [0.15, 0.2) is 0 Å². The largest absolute Gasteiger partial charge is 0.497 e. The van der Waals surface area contributed by atoms with Gasteiger partial charge in [-0.2, -0.15) is 5.26 Å². The molecule has 3 nitrogen and oxygen atoms in total. The molecule has 0 N–H and O–H groups in total. The van der Waals surface area contributed by atoms with Crippen LogP contribution in [0, 0.1) is 23.2 Å². The van der Waals surface area contributed by atoms with Crippen LogP contribution in [0.1, 0.15) is 50.1 Å². The molecule has 3 heteroatoms. The number of fused-ring (bicyclic) bond motifs is 1. The molecule has 3 aromatic rings. The summed E-state index contributed by atoms with van der Waals surface area (Å²) >= 11 is 0. The first-order valence-electron chi connectivity index (χ1n) is 9.12. The van der Waals surface area contributed by atoms with E-state index in [1.807, 2.05) is 30.3 Å². The Bertz CT molecular complexity index is 1080. The van der Waals surface area contributed by atoms with E-state index in [9.17, 15) is 5.26 Å². The fraction of sp³-hybridized carbons (Fsp3) is 0.292. The highest BCUT2D eigenvalue weighted by Gasteiger charge is 2.16. The Hall–Kier alpha value is -3.17. The van der Waals surface area contributed by atoms with Crippen LogP contribution in [0.5, 0.6) is 5.75 Å². The maximum atomic E-state index is 9.71. The Balaban J connectivity index is 2.10. The summed E-state index contributed by atoms with van der Waals surface area (Å²) in [6.45, 7) is 9.38. The lowest BCUT2D eigenvalue weighted by molar-refractivity contribution is 0.415. The summed E-state index contributed by atoms with van der Waals surface area (Å²) in [7, 11) is 1.65. The predicted molar refractivity (Wildman–Crippen MR) is 110 cm³/mol. The highest BCUT2D eigenvalue weighted by molar-refractivity contribution is 5.90. The summed E-state index contributed by atoms with van der Waals surface area (Å²) in [5.74, 6) is 7.23. The van der Waals surface area contributed by atoms with E-state index < -0.39 is 0 Å². The number of nitriles is 1. The molecule has 3 rings (SSSR count). The van der Waals surface area contributed by atoms with E-state index in [0.717, 1.165) is 34.5 Å². The van der Waals surface area contributed by atoms with Gasteiger partial charge in [-0.25, -0.2) is 0 Å². The molecule has 0 radical (unpaired) electrons. The van der Waals surface area contributed by atoms with E-state index in [1.165, 1.54) is 5.56 Å². The van der Waals surface area contributed by atoms with Crippen molar-refractivity contribution in [2.24, 2.45) is 0 Å². The molecule has 1 heterocycles. The third kappa shape index (κ3) is 3.55. The van der Waals surface area contributed by atoms with Gasteiger partial charge in [-0.05, 0) is 48.1 Å². The molecule has 0 saturated heterocycles. The fourth-order valence-electron chi connectivity index (χ4n) is 3.21. The van der Waals surface area contributed by atoms with Gasteiger partial charge in [-0.3, -0.25) is 0 Å². The first-order valence-corrected chi connectivity index (χ1v) is 9.12. The van der Waals surface area contributed by atoms with Gasteiger partial charge in [0.25, 0.3) is 0 Å². The number of hydrogen-bond donors (Lipinski definition) is 0. The first-order chi connectivity index (χ1) is 12.9. The van der Waals surface area contributed by atoms with E-state index in [2.05, 4.69) is 62.3 Å². The molecule has 0 bridgehead atoms. The zero-order valence-corrected chi connectivity index (χ0v) is 16.6. The second kappa shape index (κ2) is 7.22. The third-order valence-corrected chi connectivity index (χ3v) is 4.78. The van der Waals surface area contributed by atoms with Crippen molar-refractivity contribution in [1.29, 1.82) is 5.26 Å². The average molecular weight is 356 g/mol. The number of aromatic nitrogens is 1. The maximum absolute atomic E-state index is 9.71. The average Bonchev–Trinajstić information content (AvgIpc) is 2.97. The van der Waals surface area contributed by atoms with Crippen molar-refractivity contribution >= 4 is 10.9 Å². The van der Waals surface area contributed by atoms with Crippen LogP contribution in [0.25, 0.3) is 10.9 Å². The van der Waals surface area contributed by atoms with Crippen molar-refractivity contribution in [3.63, 3.8) is 0 Å². The lowest BCUT2D eigenvalue weighted by atomic mass is 9.87. The normalized spacial score (nSPS) is 11.0. The Morgan fingerprint density at radius 2 is 1.74 bits per heavy atom. The van der Waals surface area contributed by atoms with Gasteiger partial charge in [0.2, 0.25) is 0 Å². The summed E-state index contributed by atoms with van der Waals surface area (Å²) in [6, 6.07) is 16.4. The van der Waals surface area contributed by atoms with Crippen LogP contribution in [-0.4, -0.2) is 11.7 Å². The maximum Gasteiger partial charge on any atom is 0.120 e. The quantitative estimate of drug-likeness (QED) is 0.589. The summed E-state index contributed by atoms with van der Waals surface area (Å²) in [5.41, 5.74) is 4.68. The van der Waals surface area contributed by atoms with Gasteiger partial charge < -0.3 is 9.30 Å². The van der Waals surface area contributed by atoms with E-state index in [1.54, 1.807) is 7.11 Å². The fourth-order valence-corrected chi connectivity index (χ4v) is 3.21. The van der Waals surface area contributed by atoms with Crippen molar-refractivity contribution in [3.8, 4) is 23.7 Å². The molecule has 0 aliphatic heterocycles. The summed E-state index contributed by atoms with van der Waals surface area (Å²) in [4.78, 5) is 0. The number of ether oxygens (including phenoxy) is 1. The summed E-state index contributed by atoms with van der Waals surface area (Å²) in [5, 5.41) is 10.6. The lowest BCUT2D eigenvalue weighted by Gasteiger charge is -2.18. The van der Waals surface area contributed by atoms with Crippen LogP contribution in [0.3, 0.4) is 0 Å². The molecule has 27 heavy (non-hydrogen) atoms. The zero-order valence-electron chi connectivity index (χ0n) is 16.6. The topological polar surface area (TPSA) is 38.0 Å². The zero-order chi connectivity index (χ0) is 19.6. The molecule has 0 aliphatic rings. The summed E-state index contributed by atoms with van der Waals surface area (Å²) < 4.78 is 7.42. The smallest absolute Gasteiger partial charge is 0.120 e. The van der Waals surface area contributed by atoms with Crippen LogP contribution >= 0.6 is 0 Å². The van der Waals surface area contributed by atoms with Gasteiger partial charge in [-0.15, -0.1) is 0 Å². The molecule has 1 aromatic heterocycles. The third-order valence-electron chi connectivity index (χ3n) is 4.78. The number of hydrogen-bond acceptors (Lipinski definition) is 2. The lowest BCUT2D eigenvalue weighted by Crippen LogP contribution is -2.10. The molecular weight excluding hydrogens is 332 g/mol. The minimum atomic E-state index is 0.119. The van der Waals surface area contributed by atoms with Gasteiger partial charge in [0.05, 0.1) is 18.2 Å². The van der Waals surface area contributed by atoms with Crippen LogP contribution in [0.2, 0.25) is 0 Å². The van der Waals surface area contributed by atoms with E-state index in [-0.39, 0.29) is 5.41 Å². The van der Waals surface area contributed by atoms with Crippen LogP contribution < -0.4 is 4.74 Å². The van der Waals surface area contributed by atoms with E-state index >= 15 is 0 Å². The van der Waals surface area contributed by atoms with Crippen molar-refractivity contribution in [2.75, 3.05) is 7.11 Å². The van der Waals surface area contributed by atoms with Crippen molar-refractivity contribution in [1.82, 2.24) is 4.57 Å².